The third kappa shape index (κ3) is 2.91. The predicted octanol–water partition coefficient (Wildman–Crippen LogP) is 3.82. The van der Waals surface area contributed by atoms with Crippen LogP contribution in [-0.2, 0) is 12.8 Å². The van der Waals surface area contributed by atoms with E-state index in [0.29, 0.717) is 0 Å². The van der Waals surface area contributed by atoms with Gasteiger partial charge in [0.05, 0.1) is 6.26 Å². The van der Waals surface area contributed by atoms with E-state index in [1.165, 1.54) is 24.8 Å². The Morgan fingerprint density at radius 2 is 1.92 bits per heavy atom. The van der Waals surface area contributed by atoms with Gasteiger partial charge in [0.25, 0.3) is 0 Å². The Morgan fingerprint density at radius 1 is 1.23 bits per heavy atom. The lowest BCUT2D eigenvalue weighted by Crippen LogP contribution is -2.00. The summed E-state index contributed by atoms with van der Waals surface area (Å²) in [6.45, 7) is 6.64. The van der Waals surface area contributed by atoms with Gasteiger partial charge in [0, 0.05) is 6.42 Å². The molecule has 13 heavy (non-hydrogen) atoms. The summed E-state index contributed by atoms with van der Waals surface area (Å²) in [6.07, 6.45) is 6.63. The first-order chi connectivity index (χ1) is 6.30. The molecular formula is C12H20O. The maximum absolute atomic E-state index is 5.40. The molecule has 0 radical (unpaired) electrons. The van der Waals surface area contributed by atoms with Crippen LogP contribution in [0.4, 0.5) is 0 Å². The molecule has 0 aliphatic carbocycles. The first-order valence-corrected chi connectivity index (χ1v) is 5.36. The fourth-order valence-corrected chi connectivity index (χ4v) is 1.63. The molecule has 1 aromatic rings. The van der Waals surface area contributed by atoms with Gasteiger partial charge < -0.3 is 4.42 Å². The number of hydrogen-bond donors (Lipinski definition) is 0. The molecule has 0 saturated heterocycles. The summed E-state index contributed by atoms with van der Waals surface area (Å²) in [5, 5.41) is 0. The normalized spacial score (nSPS) is 11.1. The predicted molar refractivity (Wildman–Crippen MR) is 55.9 cm³/mol. The van der Waals surface area contributed by atoms with Crippen molar-refractivity contribution in [1.29, 1.82) is 0 Å². The molecule has 0 saturated carbocycles. The third-order valence-electron chi connectivity index (χ3n) is 2.74. The largest absolute Gasteiger partial charge is 0.469 e. The Labute approximate surface area is 81.1 Å². The molecule has 1 heterocycles. The lowest BCUT2D eigenvalue weighted by Gasteiger charge is -2.09. The molecule has 0 atom stereocenters. The molecule has 0 N–H and O–H groups in total. The van der Waals surface area contributed by atoms with E-state index in [-0.39, 0.29) is 0 Å². The van der Waals surface area contributed by atoms with Crippen molar-refractivity contribution >= 4 is 0 Å². The molecule has 0 amide bonds. The Morgan fingerprint density at radius 3 is 2.38 bits per heavy atom. The second kappa shape index (κ2) is 5.11. The molecule has 1 rings (SSSR count). The molecule has 0 aliphatic rings. The monoisotopic (exact) mass is 180 g/mol. The van der Waals surface area contributed by atoms with E-state index in [1.807, 2.05) is 6.26 Å². The van der Waals surface area contributed by atoms with Gasteiger partial charge in [-0.25, -0.2) is 0 Å². The van der Waals surface area contributed by atoms with Crippen molar-refractivity contribution in [2.24, 2.45) is 5.92 Å². The topological polar surface area (TPSA) is 13.1 Å². The second-order valence-corrected chi connectivity index (χ2v) is 3.66. The summed E-state index contributed by atoms with van der Waals surface area (Å²) >= 11 is 0. The van der Waals surface area contributed by atoms with Gasteiger partial charge in [-0.3, -0.25) is 0 Å². The highest BCUT2D eigenvalue weighted by Crippen LogP contribution is 2.17. The molecule has 1 aromatic heterocycles. The van der Waals surface area contributed by atoms with Gasteiger partial charge in [-0.2, -0.15) is 0 Å². The summed E-state index contributed by atoms with van der Waals surface area (Å²) < 4.78 is 5.40. The van der Waals surface area contributed by atoms with Crippen LogP contribution < -0.4 is 0 Å². The van der Waals surface area contributed by atoms with Crippen LogP contribution in [0.5, 0.6) is 0 Å². The minimum Gasteiger partial charge on any atom is -0.469 e. The standard InChI is InChI=1S/C12H20O/c1-4-10(5-2)7-11-8-12(6-3)13-9-11/h8-10H,4-7H2,1-3H3. The van der Waals surface area contributed by atoms with Crippen molar-refractivity contribution in [3.05, 3.63) is 23.7 Å². The molecule has 0 unspecified atom stereocenters. The molecule has 0 bridgehead atoms. The SMILES string of the molecule is CCc1cc(CC(CC)CC)co1. The third-order valence-corrected chi connectivity index (χ3v) is 2.74. The van der Waals surface area contributed by atoms with Gasteiger partial charge in [0.1, 0.15) is 5.76 Å². The van der Waals surface area contributed by atoms with E-state index < -0.39 is 0 Å². The van der Waals surface area contributed by atoms with E-state index in [0.717, 1.165) is 18.1 Å². The Balaban J connectivity index is 2.52. The summed E-state index contributed by atoms with van der Waals surface area (Å²) in [4.78, 5) is 0. The molecular weight excluding hydrogens is 160 g/mol. The zero-order valence-corrected chi connectivity index (χ0v) is 8.97. The molecule has 1 nitrogen and oxygen atoms in total. The number of furan rings is 1. The van der Waals surface area contributed by atoms with Crippen LogP contribution in [0.2, 0.25) is 0 Å². The number of rotatable bonds is 5. The number of aryl methyl sites for hydroxylation is 1. The highest BCUT2D eigenvalue weighted by Gasteiger charge is 2.07. The Bertz CT molecular complexity index is 233. The van der Waals surface area contributed by atoms with Crippen LogP contribution in [0, 0.1) is 5.92 Å². The van der Waals surface area contributed by atoms with Gasteiger partial charge in [0.15, 0.2) is 0 Å². The zero-order valence-electron chi connectivity index (χ0n) is 8.97. The minimum atomic E-state index is 0.822. The maximum Gasteiger partial charge on any atom is 0.103 e. The smallest absolute Gasteiger partial charge is 0.103 e. The van der Waals surface area contributed by atoms with Crippen molar-refractivity contribution in [1.82, 2.24) is 0 Å². The quantitative estimate of drug-likeness (QED) is 0.671. The average Bonchev–Trinajstić information content (AvgIpc) is 2.61. The number of hydrogen-bond acceptors (Lipinski definition) is 1. The molecule has 0 aliphatic heterocycles. The summed E-state index contributed by atoms with van der Waals surface area (Å²) in [5.41, 5.74) is 1.37. The van der Waals surface area contributed by atoms with E-state index >= 15 is 0 Å². The van der Waals surface area contributed by atoms with Crippen molar-refractivity contribution in [3.63, 3.8) is 0 Å². The zero-order chi connectivity index (χ0) is 9.68. The van der Waals surface area contributed by atoms with Gasteiger partial charge >= 0.3 is 0 Å². The Kier molecular flexibility index (Phi) is 4.07. The summed E-state index contributed by atoms with van der Waals surface area (Å²) in [7, 11) is 0. The summed E-state index contributed by atoms with van der Waals surface area (Å²) in [5.74, 6) is 1.93. The highest BCUT2D eigenvalue weighted by atomic mass is 16.3. The van der Waals surface area contributed by atoms with Crippen LogP contribution in [-0.4, -0.2) is 0 Å². The van der Waals surface area contributed by atoms with Crippen LogP contribution in [0.1, 0.15) is 44.9 Å². The van der Waals surface area contributed by atoms with E-state index in [4.69, 9.17) is 4.42 Å². The van der Waals surface area contributed by atoms with E-state index in [1.54, 1.807) is 0 Å². The first kappa shape index (κ1) is 10.4. The molecule has 0 spiro atoms. The van der Waals surface area contributed by atoms with Crippen LogP contribution in [0.3, 0.4) is 0 Å². The molecule has 74 valence electrons. The van der Waals surface area contributed by atoms with Crippen LogP contribution in [0.15, 0.2) is 16.7 Å². The maximum atomic E-state index is 5.40. The van der Waals surface area contributed by atoms with Crippen molar-refractivity contribution < 1.29 is 4.42 Å². The van der Waals surface area contributed by atoms with Crippen LogP contribution in [0.25, 0.3) is 0 Å². The highest BCUT2D eigenvalue weighted by molar-refractivity contribution is 5.13. The van der Waals surface area contributed by atoms with Gasteiger partial charge in [-0.1, -0.05) is 33.6 Å². The van der Waals surface area contributed by atoms with Crippen molar-refractivity contribution in [2.45, 2.75) is 46.5 Å². The summed E-state index contributed by atoms with van der Waals surface area (Å²) in [6, 6.07) is 2.19. The van der Waals surface area contributed by atoms with Crippen molar-refractivity contribution in [2.75, 3.05) is 0 Å². The van der Waals surface area contributed by atoms with Crippen molar-refractivity contribution in [3.8, 4) is 0 Å². The van der Waals surface area contributed by atoms with E-state index in [9.17, 15) is 0 Å². The van der Waals surface area contributed by atoms with Gasteiger partial charge in [-0.05, 0) is 24.0 Å². The Hall–Kier alpha value is -0.720. The molecule has 1 heteroatoms. The lowest BCUT2D eigenvalue weighted by atomic mass is 9.96. The molecule has 0 aromatic carbocycles. The second-order valence-electron chi connectivity index (χ2n) is 3.66. The van der Waals surface area contributed by atoms with Gasteiger partial charge in [-0.15, -0.1) is 0 Å². The fourth-order valence-electron chi connectivity index (χ4n) is 1.63. The lowest BCUT2D eigenvalue weighted by molar-refractivity contribution is 0.480. The van der Waals surface area contributed by atoms with Crippen LogP contribution >= 0.6 is 0 Å². The van der Waals surface area contributed by atoms with Gasteiger partial charge in [0.2, 0.25) is 0 Å². The fraction of sp³-hybridized carbons (Fsp3) is 0.667. The molecule has 0 fully saturated rings. The first-order valence-electron chi connectivity index (χ1n) is 5.36. The van der Waals surface area contributed by atoms with E-state index in [2.05, 4.69) is 26.8 Å². The average molecular weight is 180 g/mol. The minimum absolute atomic E-state index is 0.822.